The fraction of sp³-hybridized carbons (Fsp3) is 0.292. The zero-order valence-electron chi connectivity index (χ0n) is 16.9. The van der Waals surface area contributed by atoms with Crippen molar-refractivity contribution in [2.24, 2.45) is 0 Å². The molecular weight excluding hydrogens is 350 g/mol. The average molecular weight is 377 g/mol. The monoisotopic (exact) mass is 377 g/mol. The smallest absolute Gasteiger partial charge is 0.229 e. The number of amides is 1. The first-order valence-electron chi connectivity index (χ1n) is 9.56. The van der Waals surface area contributed by atoms with E-state index in [1.165, 1.54) is 0 Å². The summed E-state index contributed by atoms with van der Waals surface area (Å²) in [6.45, 7) is 5.14. The molecule has 0 N–H and O–H groups in total. The van der Waals surface area contributed by atoms with Gasteiger partial charge in [0.25, 0.3) is 0 Å². The molecule has 3 aromatic carbocycles. The van der Waals surface area contributed by atoms with Gasteiger partial charge in [0.2, 0.25) is 5.91 Å². The molecule has 3 rings (SSSR count). The highest BCUT2D eigenvalue weighted by atomic mass is 16.5. The first-order valence-corrected chi connectivity index (χ1v) is 9.56. The summed E-state index contributed by atoms with van der Waals surface area (Å²) >= 11 is 0. The lowest BCUT2D eigenvalue weighted by Gasteiger charge is -2.22. The number of nitrogens with zero attached hydrogens (tertiary/aromatic N) is 1. The Morgan fingerprint density at radius 3 is 2.29 bits per heavy atom. The molecule has 146 valence electrons. The number of methoxy groups -OCH3 is 1. The highest BCUT2D eigenvalue weighted by Crippen LogP contribution is 2.26. The highest BCUT2D eigenvalue weighted by Gasteiger charge is 2.20. The van der Waals surface area contributed by atoms with Crippen LogP contribution >= 0.6 is 0 Å². The van der Waals surface area contributed by atoms with Gasteiger partial charge in [0.15, 0.2) is 0 Å². The van der Waals surface area contributed by atoms with Gasteiger partial charge in [-0.3, -0.25) is 4.79 Å². The molecule has 0 fully saturated rings. The Labute approximate surface area is 166 Å². The number of hydrogen-bond acceptors (Lipinski definition) is 3. The van der Waals surface area contributed by atoms with Gasteiger partial charge in [-0.25, -0.2) is 0 Å². The molecular formula is C24H27NO3. The maximum atomic E-state index is 12.9. The first kappa shape index (κ1) is 19.7. The number of rotatable bonds is 7. The van der Waals surface area contributed by atoms with Gasteiger partial charge < -0.3 is 14.4 Å². The molecule has 1 atom stereocenters. The van der Waals surface area contributed by atoms with E-state index in [2.05, 4.69) is 6.07 Å². The number of ether oxygens (including phenoxy) is 2. The number of hydrogen-bond donors (Lipinski definition) is 0. The van der Waals surface area contributed by atoms with Crippen LogP contribution in [0.1, 0.15) is 30.9 Å². The van der Waals surface area contributed by atoms with Gasteiger partial charge in [0.05, 0.1) is 19.6 Å². The van der Waals surface area contributed by atoms with Gasteiger partial charge in [-0.2, -0.15) is 0 Å². The van der Waals surface area contributed by atoms with Crippen LogP contribution in [-0.4, -0.2) is 31.6 Å². The number of likely N-dealkylation sites (N-methyl/N-ethyl adjacent to an activating group) is 1. The van der Waals surface area contributed by atoms with Gasteiger partial charge in [0, 0.05) is 13.6 Å². The second-order valence-electron chi connectivity index (χ2n) is 6.97. The molecule has 0 aliphatic heterocycles. The summed E-state index contributed by atoms with van der Waals surface area (Å²) in [4.78, 5) is 14.7. The third-order valence-corrected chi connectivity index (χ3v) is 4.97. The van der Waals surface area contributed by atoms with Crippen LogP contribution in [0.25, 0.3) is 10.8 Å². The zero-order chi connectivity index (χ0) is 20.1. The van der Waals surface area contributed by atoms with Gasteiger partial charge in [-0.15, -0.1) is 0 Å². The summed E-state index contributed by atoms with van der Waals surface area (Å²) in [7, 11) is 3.51. The van der Waals surface area contributed by atoms with Gasteiger partial charge in [-0.1, -0.05) is 36.4 Å². The lowest BCUT2D eigenvalue weighted by Crippen LogP contribution is -2.30. The predicted molar refractivity (Wildman–Crippen MR) is 113 cm³/mol. The Kier molecular flexibility index (Phi) is 6.19. The van der Waals surface area contributed by atoms with E-state index in [-0.39, 0.29) is 11.8 Å². The van der Waals surface area contributed by atoms with Crippen LogP contribution in [0.4, 0.5) is 0 Å². The minimum Gasteiger partial charge on any atom is -0.497 e. The number of carbonyl (C=O) groups is 1. The maximum Gasteiger partial charge on any atom is 0.229 e. The molecule has 0 spiro atoms. The van der Waals surface area contributed by atoms with E-state index >= 15 is 0 Å². The Hall–Kier alpha value is -3.01. The summed E-state index contributed by atoms with van der Waals surface area (Å²) in [5.74, 6) is 1.57. The molecule has 28 heavy (non-hydrogen) atoms. The second-order valence-corrected chi connectivity index (χ2v) is 6.97. The molecule has 4 heteroatoms. The van der Waals surface area contributed by atoms with Crippen molar-refractivity contribution in [1.82, 2.24) is 4.90 Å². The molecule has 0 bridgehead atoms. The van der Waals surface area contributed by atoms with Crippen molar-refractivity contribution in [3.63, 3.8) is 0 Å². The molecule has 0 radical (unpaired) electrons. The fourth-order valence-corrected chi connectivity index (χ4v) is 3.32. The van der Waals surface area contributed by atoms with Gasteiger partial charge in [0.1, 0.15) is 11.5 Å². The predicted octanol–water partition coefficient (Wildman–Crippen LogP) is 5.01. The van der Waals surface area contributed by atoms with Crippen molar-refractivity contribution in [3.8, 4) is 11.5 Å². The quantitative estimate of drug-likeness (QED) is 0.581. The summed E-state index contributed by atoms with van der Waals surface area (Å²) in [5, 5.41) is 2.21. The van der Waals surface area contributed by atoms with E-state index in [4.69, 9.17) is 9.47 Å². The molecule has 0 aliphatic rings. The third-order valence-electron chi connectivity index (χ3n) is 4.97. The summed E-state index contributed by atoms with van der Waals surface area (Å²) in [6.07, 6.45) is 0. The van der Waals surface area contributed by atoms with Crippen LogP contribution in [-0.2, 0) is 11.3 Å². The van der Waals surface area contributed by atoms with E-state index in [1.54, 1.807) is 12.0 Å². The van der Waals surface area contributed by atoms with E-state index in [0.717, 1.165) is 33.4 Å². The van der Waals surface area contributed by atoms with E-state index in [9.17, 15) is 4.79 Å². The molecule has 0 heterocycles. The topological polar surface area (TPSA) is 38.8 Å². The van der Waals surface area contributed by atoms with Crippen molar-refractivity contribution in [3.05, 3.63) is 71.8 Å². The number of benzene rings is 3. The average Bonchev–Trinajstić information content (AvgIpc) is 2.73. The maximum absolute atomic E-state index is 12.9. The van der Waals surface area contributed by atoms with Crippen molar-refractivity contribution >= 4 is 16.7 Å². The SMILES string of the molecule is CCOc1ccc(CN(C)C(=O)C(C)c2ccc3cc(OC)ccc3c2)cc1. The van der Waals surface area contributed by atoms with E-state index < -0.39 is 0 Å². The first-order chi connectivity index (χ1) is 13.5. The third kappa shape index (κ3) is 4.45. The number of fused-ring (bicyclic) bond motifs is 1. The van der Waals surface area contributed by atoms with Crippen molar-refractivity contribution in [1.29, 1.82) is 0 Å². The number of carbonyl (C=O) groups excluding carboxylic acids is 1. The van der Waals surface area contributed by atoms with Crippen LogP contribution in [0.3, 0.4) is 0 Å². The van der Waals surface area contributed by atoms with E-state index in [1.807, 2.05) is 75.5 Å². The van der Waals surface area contributed by atoms with Crippen molar-refractivity contribution < 1.29 is 14.3 Å². The molecule has 3 aromatic rings. The minimum absolute atomic E-state index is 0.0988. The molecule has 1 amide bonds. The molecule has 0 aliphatic carbocycles. The van der Waals surface area contributed by atoms with Crippen molar-refractivity contribution in [2.45, 2.75) is 26.3 Å². The Morgan fingerprint density at radius 2 is 1.61 bits per heavy atom. The lowest BCUT2D eigenvalue weighted by molar-refractivity contribution is -0.131. The van der Waals surface area contributed by atoms with Crippen LogP contribution < -0.4 is 9.47 Å². The molecule has 1 unspecified atom stereocenters. The molecule has 0 saturated carbocycles. The summed E-state index contributed by atoms with van der Waals surface area (Å²) in [6, 6.07) is 20.0. The van der Waals surface area contributed by atoms with Crippen LogP contribution in [0.15, 0.2) is 60.7 Å². The normalized spacial score (nSPS) is 11.9. The lowest BCUT2D eigenvalue weighted by atomic mass is 9.96. The molecule has 4 nitrogen and oxygen atoms in total. The van der Waals surface area contributed by atoms with Crippen LogP contribution in [0.2, 0.25) is 0 Å². The van der Waals surface area contributed by atoms with Gasteiger partial charge in [-0.05, 0) is 60.0 Å². The summed E-state index contributed by atoms with van der Waals surface area (Å²) in [5.41, 5.74) is 2.10. The van der Waals surface area contributed by atoms with Crippen molar-refractivity contribution in [2.75, 3.05) is 20.8 Å². The Balaban J connectivity index is 1.71. The largest absolute Gasteiger partial charge is 0.497 e. The standard InChI is InChI=1S/C24H27NO3/c1-5-28-22-11-6-18(7-12-22)16-25(3)24(26)17(2)19-8-9-21-15-23(27-4)13-10-20(21)14-19/h6-15,17H,5,16H2,1-4H3. The minimum atomic E-state index is -0.209. The Bertz CT molecular complexity index is 950. The molecule has 0 saturated heterocycles. The Morgan fingerprint density at radius 1 is 0.964 bits per heavy atom. The van der Waals surface area contributed by atoms with Crippen LogP contribution in [0.5, 0.6) is 11.5 Å². The second kappa shape index (κ2) is 8.79. The van der Waals surface area contributed by atoms with E-state index in [0.29, 0.717) is 13.2 Å². The highest BCUT2D eigenvalue weighted by molar-refractivity contribution is 5.88. The zero-order valence-corrected chi connectivity index (χ0v) is 16.9. The summed E-state index contributed by atoms with van der Waals surface area (Å²) < 4.78 is 10.7. The van der Waals surface area contributed by atoms with Crippen LogP contribution in [0, 0.1) is 0 Å². The van der Waals surface area contributed by atoms with Gasteiger partial charge >= 0.3 is 0 Å². The fourth-order valence-electron chi connectivity index (χ4n) is 3.32. The molecule has 0 aromatic heterocycles.